The molecule has 5 heteroatoms. The van der Waals surface area contributed by atoms with Gasteiger partial charge in [0.2, 0.25) is 0 Å². The van der Waals surface area contributed by atoms with E-state index >= 15 is 0 Å². The van der Waals surface area contributed by atoms with Gasteiger partial charge < -0.3 is 10.8 Å². The number of nitrogens with two attached hydrogens (primary N) is 1. The van der Waals surface area contributed by atoms with E-state index in [2.05, 4.69) is 6.58 Å². The van der Waals surface area contributed by atoms with Crippen LogP contribution in [0.5, 0.6) is 0 Å². The van der Waals surface area contributed by atoms with Gasteiger partial charge in [-0.25, -0.2) is 0 Å². The van der Waals surface area contributed by atoms with E-state index in [9.17, 15) is 10.1 Å². The molecule has 0 aliphatic heterocycles. The van der Waals surface area contributed by atoms with Crippen molar-refractivity contribution in [2.24, 2.45) is 5.73 Å². The van der Waals surface area contributed by atoms with Crippen molar-refractivity contribution >= 4 is 5.69 Å². The Balaban J connectivity index is 2.72. The molecule has 0 heterocycles. The van der Waals surface area contributed by atoms with Gasteiger partial charge in [-0.3, -0.25) is 10.1 Å². The Morgan fingerprint density at radius 3 is 2.47 bits per heavy atom. The van der Waals surface area contributed by atoms with Crippen molar-refractivity contribution in [1.29, 1.82) is 0 Å². The molecule has 5 nitrogen and oxygen atoms in total. The number of benzene rings is 1. The second kappa shape index (κ2) is 4.56. The summed E-state index contributed by atoms with van der Waals surface area (Å²) < 4.78 is 0. The molecule has 3 N–H and O–H groups in total. The minimum Gasteiger partial charge on any atom is -0.511 e. The molecule has 1 aromatic carbocycles. The maximum absolute atomic E-state index is 10.4. The van der Waals surface area contributed by atoms with Crippen LogP contribution in [0, 0.1) is 10.1 Å². The molecule has 15 heavy (non-hydrogen) atoms. The molecule has 80 valence electrons. The van der Waals surface area contributed by atoms with Crippen LogP contribution in [0.3, 0.4) is 0 Å². The molecular weight excluding hydrogens is 196 g/mol. The van der Waals surface area contributed by atoms with E-state index < -0.39 is 11.0 Å². The summed E-state index contributed by atoms with van der Waals surface area (Å²) in [6.07, 6.45) is 0.410. The van der Waals surface area contributed by atoms with Crippen molar-refractivity contribution in [2.45, 2.75) is 12.5 Å². The van der Waals surface area contributed by atoms with Gasteiger partial charge in [0.05, 0.1) is 11.0 Å². The molecule has 1 atom stereocenters. The smallest absolute Gasteiger partial charge is 0.269 e. The molecule has 0 aromatic heterocycles. The molecule has 0 spiro atoms. The highest BCUT2D eigenvalue weighted by molar-refractivity contribution is 5.33. The number of rotatable bonds is 4. The predicted octanol–water partition coefficient (Wildman–Crippen LogP) is 1.54. The molecule has 0 saturated heterocycles. The molecule has 0 bridgehead atoms. The highest BCUT2D eigenvalue weighted by Crippen LogP contribution is 2.13. The first-order chi connectivity index (χ1) is 7.00. The van der Waals surface area contributed by atoms with Crippen LogP contribution in [0.15, 0.2) is 36.6 Å². The van der Waals surface area contributed by atoms with Gasteiger partial charge in [-0.15, -0.1) is 0 Å². The summed E-state index contributed by atoms with van der Waals surface area (Å²) in [6, 6.07) is 5.50. The van der Waals surface area contributed by atoms with Crippen LogP contribution < -0.4 is 5.73 Å². The van der Waals surface area contributed by atoms with E-state index in [1.807, 2.05) is 0 Å². The van der Waals surface area contributed by atoms with Crippen molar-refractivity contribution in [3.8, 4) is 0 Å². The third-order valence-corrected chi connectivity index (χ3v) is 2.03. The molecule has 1 aromatic rings. The SMILES string of the molecule is C=C(O)[C@@H](N)Cc1ccc([N+](=O)[O-])cc1. The van der Waals surface area contributed by atoms with Crippen LogP contribution in [-0.4, -0.2) is 16.1 Å². The van der Waals surface area contributed by atoms with Crippen molar-refractivity contribution in [3.05, 3.63) is 52.3 Å². The van der Waals surface area contributed by atoms with Gasteiger partial charge in [-0.1, -0.05) is 18.7 Å². The van der Waals surface area contributed by atoms with Crippen molar-refractivity contribution in [3.63, 3.8) is 0 Å². The third kappa shape index (κ3) is 3.07. The van der Waals surface area contributed by atoms with Crippen LogP contribution in [0.1, 0.15) is 5.56 Å². The van der Waals surface area contributed by atoms with Gasteiger partial charge in [0.1, 0.15) is 5.76 Å². The maximum atomic E-state index is 10.4. The van der Waals surface area contributed by atoms with Crippen molar-refractivity contribution < 1.29 is 10.0 Å². The van der Waals surface area contributed by atoms with Gasteiger partial charge in [0.25, 0.3) is 5.69 Å². The molecule has 0 amide bonds. The number of nitrogens with zero attached hydrogens (tertiary/aromatic N) is 1. The van der Waals surface area contributed by atoms with Crippen LogP contribution >= 0.6 is 0 Å². The van der Waals surface area contributed by atoms with E-state index in [-0.39, 0.29) is 11.4 Å². The van der Waals surface area contributed by atoms with Crippen LogP contribution in [0.4, 0.5) is 5.69 Å². The largest absolute Gasteiger partial charge is 0.511 e. The van der Waals surface area contributed by atoms with E-state index in [1.165, 1.54) is 12.1 Å². The molecule has 0 aliphatic rings. The molecule has 0 aliphatic carbocycles. The zero-order valence-electron chi connectivity index (χ0n) is 8.09. The standard InChI is InChI=1S/C10H12N2O3/c1-7(13)10(11)6-8-2-4-9(5-3-8)12(14)15/h2-5,10,13H,1,6,11H2/t10-/m0/s1. The highest BCUT2D eigenvalue weighted by atomic mass is 16.6. The molecule has 0 unspecified atom stereocenters. The zero-order valence-corrected chi connectivity index (χ0v) is 8.09. The Hall–Kier alpha value is -1.88. The Morgan fingerprint density at radius 2 is 2.07 bits per heavy atom. The van der Waals surface area contributed by atoms with Crippen LogP contribution in [-0.2, 0) is 6.42 Å². The predicted molar refractivity (Wildman–Crippen MR) is 56.5 cm³/mol. The maximum Gasteiger partial charge on any atom is 0.269 e. The third-order valence-electron chi connectivity index (χ3n) is 2.03. The number of hydrogen-bond acceptors (Lipinski definition) is 4. The van der Waals surface area contributed by atoms with Gasteiger partial charge in [-0.05, 0) is 12.0 Å². The number of aliphatic hydroxyl groups excluding tert-OH is 1. The average molecular weight is 208 g/mol. The van der Waals surface area contributed by atoms with Crippen molar-refractivity contribution in [1.82, 2.24) is 0 Å². The normalized spacial score (nSPS) is 12.1. The topological polar surface area (TPSA) is 89.4 Å². The summed E-state index contributed by atoms with van der Waals surface area (Å²) in [5, 5.41) is 19.4. The summed E-state index contributed by atoms with van der Waals surface area (Å²) in [5.41, 5.74) is 6.42. The average Bonchev–Trinajstić information content (AvgIpc) is 2.18. The lowest BCUT2D eigenvalue weighted by Crippen LogP contribution is -2.24. The quantitative estimate of drug-likeness (QED) is 0.446. The van der Waals surface area contributed by atoms with Gasteiger partial charge in [-0.2, -0.15) is 0 Å². The second-order valence-electron chi connectivity index (χ2n) is 3.23. The minimum absolute atomic E-state index is 0.0372. The molecule has 0 radical (unpaired) electrons. The Bertz CT molecular complexity index is 373. The first-order valence-corrected chi connectivity index (χ1v) is 4.37. The van der Waals surface area contributed by atoms with Crippen LogP contribution in [0.2, 0.25) is 0 Å². The molecule has 0 saturated carbocycles. The van der Waals surface area contributed by atoms with Gasteiger partial charge in [0.15, 0.2) is 0 Å². The number of non-ortho nitro benzene ring substituents is 1. The van der Waals surface area contributed by atoms with E-state index in [1.54, 1.807) is 12.1 Å². The Morgan fingerprint density at radius 1 is 1.53 bits per heavy atom. The molecular formula is C10H12N2O3. The summed E-state index contributed by atoms with van der Waals surface area (Å²) in [7, 11) is 0. The second-order valence-corrected chi connectivity index (χ2v) is 3.23. The highest BCUT2D eigenvalue weighted by Gasteiger charge is 2.08. The Kier molecular flexibility index (Phi) is 3.41. The first kappa shape index (κ1) is 11.2. The summed E-state index contributed by atoms with van der Waals surface area (Å²) in [4.78, 5) is 9.91. The van der Waals surface area contributed by atoms with Crippen molar-refractivity contribution in [2.75, 3.05) is 0 Å². The summed E-state index contributed by atoms with van der Waals surface area (Å²) >= 11 is 0. The van der Waals surface area contributed by atoms with E-state index in [0.717, 1.165) is 5.56 Å². The number of aliphatic hydroxyl groups is 1. The molecule has 0 fully saturated rings. The zero-order chi connectivity index (χ0) is 11.4. The monoisotopic (exact) mass is 208 g/mol. The lowest BCUT2D eigenvalue weighted by Gasteiger charge is -2.09. The number of nitro benzene ring substituents is 1. The van der Waals surface area contributed by atoms with E-state index in [0.29, 0.717) is 6.42 Å². The fourth-order valence-electron chi connectivity index (χ4n) is 1.13. The lowest BCUT2D eigenvalue weighted by atomic mass is 10.1. The summed E-state index contributed by atoms with van der Waals surface area (Å²) in [6.45, 7) is 3.32. The fraction of sp³-hybridized carbons (Fsp3) is 0.200. The minimum atomic E-state index is -0.536. The summed E-state index contributed by atoms with van der Waals surface area (Å²) in [5.74, 6) is -0.0895. The van der Waals surface area contributed by atoms with Gasteiger partial charge in [0, 0.05) is 12.1 Å². The fourth-order valence-corrected chi connectivity index (χ4v) is 1.13. The van der Waals surface area contributed by atoms with Crippen LogP contribution in [0.25, 0.3) is 0 Å². The number of hydrogen-bond donors (Lipinski definition) is 2. The van der Waals surface area contributed by atoms with E-state index in [4.69, 9.17) is 10.8 Å². The van der Waals surface area contributed by atoms with Gasteiger partial charge >= 0.3 is 0 Å². The first-order valence-electron chi connectivity index (χ1n) is 4.37. The Labute approximate surface area is 87.0 Å². The number of nitro groups is 1. The lowest BCUT2D eigenvalue weighted by molar-refractivity contribution is -0.384. The molecule has 1 rings (SSSR count).